The second kappa shape index (κ2) is 5.04. The van der Waals surface area contributed by atoms with Crippen molar-refractivity contribution in [2.24, 2.45) is 11.8 Å². The van der Waals surface area contributed by atoms with Crippen LogP contribution in [-0.4, -0.2) is 37.0 Å². The highest BCUT2D eigenvalue weighted by Crippen LogP contribution is 2.39. The number of amides is 1. The van der Waals surface area contributed by atoms with Gasteiger partial charge in [0.05, 0.1) is 0 Å². The van der Waals surface area contributed by atoms with Gasteiger partial charge in [-0.05, 0) is 30.5 Å². The zero-order valence-corrected chi connectivity index (χ0v) is 11.9. The van der Waals surface area contributed by atoms with E-state index in [0.29, 0.717) is 17.7 Å². The molecule has 1 heterocycles. The molecule has 1 saturated heterocycles. The lowest BCUT2D eigenvalue weighted by Gasteiger charge is -2.36. The third-order valence-electron chi connectivity index (χ3n) is 4.19. The second-order valence-corrected chi connectivity index (χ2v) is 6.05. The van der Waals surface area contributed by atoms with E-state index in [9.17, 15) is 4.79 Å². The zero-order chi connectivity index (χ0) is 13.4. The number of hydrogen-bond acceptors (Lipinski definition) is 2. The Morgan fingerprint density at radius 3 is 2.53 bits per heavy atom. The van der Waals surface area contributed by atoms with E-state index in [2.05, 4.69) is 17.9 Å². The monoisotopic (exact) mass is 278 g/mol. The lowest BCUT2D eigenvalue weighted by atomic mass is 10.2. The van der Waals surface area contributed by atoms with E-state index in [-0.39, 0.29) is 0 Å². The van der Waals surface area contributed by atoms with Crippen LogP contribution in [0.4, 0.5) is 5.69 Å². The van der Waals surface area contributed by atoms with Gasteiger partial charge in [-0.1, -0.05) is 24.6 Å². The largest absolute Gasteiger partial charge is 0.368 e. The molecule has 0 radical (unpaired) electrons. The third-order valence-corrected chi connectivity index (χ3v) is 4.43. The summed E-state index contributed by atoms with van der Waals surface area (Å²) < 4.78 is 0. The van der Waals surface area contributed by atoms with Gasteiger partial charge in [0.1, 0.15) is 0 Å². The minimum absolute atomic E-state index is 0.303. The Bertz CT molecular complexity index is 483. The van der Waals surface area contributed by atoms with E-state index >= 15 is 0 Å². The Kier molecular flexibility index (Phi) is 3.40. The SMILES string of the molecule is C[C@@H]1C[C@@H]1C(=O)N1CCN(c2cccc(Cl)c2)CC1. The van der Waals surface area contributed by atoms with Gasteiger partial charge in [-0.15, -0.1) is 0 Å². The van der Waals surface area contributed by atoms with E-state index in [4.69, 9.17) is 11.6 Å². The number of halogens is 1. The summed E-state index contributed by atoms with van der Waals surface area (Å²) in [4.78, 5) is 16.5. The fourth-order valence-corrected chi connectivity index (χ4v) is 2.94. The van der Waals surface area contributed by atoms with Crippen molar-refractivity contribution in [1.82, 2.24) is 4.90 Å². The molecule has 0 N–H and O–H groups in total. The Labute approximate surface area is 119 Å². The van der Waals surface area contributed by atoms with Gasteiger partial charge in [0.15, 0.2) is 0 Å². The molecule has 1 aliphatic heterocycles. The molecule has 102 valence electrons. The van der Waals surface area contributed by atoms with Crippen LogP contribution in [0.25, 0.3) is 0 Å². The molecule has 1 amide bonds. The maximum atomic E-state index is 12.2. The summed E-state index contributed by atoms with van der Waals surface area (Å²) in [5, 5.41) is 0.766. The van der Waals surface area contributed by atoms with Gasteiger partial charge in [-0.2, -0.15) is 0 Å². The fraction of sp³-hybridized carbons (Fsp3) is 0.533. The fourth-order valence-electron chi connectivity index (χ4n) is 2.76. The third kappa shape index (κ3) is 2.71. The van der Waals surface area contributed by atoms with Crippen LogP contribution in [0.15, 0.2) is 24.3 Å². The van der Waals surface area contributed by atoms with E-state index < -0.39 is 0 Å². The highest BCUT2D eigenvalue weighted by Gasteiger charge is 2.41. The smallest absolute Gasteiger partial charge is 0.226 e. The summed E-state index contributed by atoms with van der Waals surface area (Å²) in [5.41, 5.74) is 1.15. The van der Waals surface area contributed by atoms with E-state index in [1.54, 1.807) is 0 Å². The van der Waals surface area contributed by atoms with Crippen LogP contribution in [0.1, 0.15) is 13.3 Å². The van der Waals surface area contributed by atoms with Gasteiger partial charge < -0.3 is 9.80 Å². The van der Waals surface area contributed by atoms with Crippen molar-refractivity contribution in [2.75, 3.05) is 31.1 Å². The maximum Gasteiger partial charge on any atom is 0.226 e. The van der Waals surface area contributed by atoms with Crippen LogP contribution in [0.5, 0.6) is 0 Å². The van der Waals surface area contributed by atoms with Gasteiger partial charge in [0, 0.05) is 42.8 Å². The topological polar surface area (TPSA) is 23.6 Å². The molecule has 1 saturated carbocycles. The highest BCUT2D eigenvalue weighted by molar-refractivity contribution is 6.30. The predicted molar refractivity (Wildman–Crippen MR) is 77.5 cm³/mol. The van der Waals surface area contributed by atoms with Crippen molar-refractivity contribution in [2.45, 2.75) is 13.3 Å². The summed E-state index contributed by atoms with van der Waals surface area (Å²) in [6.45, 7) is 5.61. The van der Waals surface area contributed by atoms with Crippen LogP contribution in [0.3, 0.4) is 0 Å². The van der Waals surface area contributed by atoms with Crippen LogP contribution in [0, 0.1) is 11.8 Å². The van der Waals surface area contributed by atoms with E-state index in [1.807, 2.05) is 23.1 Å². The molecule has 0 bridgehead atoms. The second-order valence-electron chi connectivity index (χ2n) is 5.61. The van der Waals surface area contributed by atoms with Crippen molar-refractivity contribution in [3.8, 4) is 0 Å². The molecule has 0 unspecified atom stereocenters. The molecule has 0 spiro atoms. The van der Waals surface area contributed by atoms with Gasteiger partial charge in [0.25, 0.3) is 0 Å². The molecule has 19 heavy (non-hydrogen) atoms. The van der Waals surface area contributed by atoms with Gasteiger partial charge >= 0.3 is 0 Å². The average molecular weight is 279 g/mol. The van der Waals surface area contributed by atoms with Crippen molar-refractivity contribution in [3.63, 3.8) is 0 Å². The van der Waals surface area contributed by atoms with Crippen molar-refractivity contribution < 1.29 is 4.79 Å². The van der Waals surface area contributed by atoms with E-state index in [0.717, 1.165) is 43.3 Å². The number of carbonyl (C=O) groups is 1. The number of carbonyl (C=O) groups excluding carboxylic acids is 1. The van der Waals surface area contributed by atoms with Crippen LogP contribution >= 0.6 is 11.6 Å². The van der Waals surface area contributed by atoms with Crippen LogP contribution < -0.4 is 4.90 Å². The van der Waals surface area contributed by atoms with Gasteiger partial charge in [-0.25, -0.2) is 0 Å². The highest BCUT2D eigenvalue weighted by atomic mass is 35.5. The first-order valence-electron chi connectivity index (χ1n) is 6.94. The molecule has 3 nitrogen and oxygen atoms in total. The predicted octanol–water partition coefficient (Wildman–Crippen LogP) is 2.64. The quantitative estimate of drug-likeness (QED) is 0.830. The lowest BCUT2D eigenvalue weighted by molar-refractivity contribution is -0.133. The molecule has 1 aliphatic carbocycles. The number of rotatable bonds is 2. The number of anilines is 1. The lowest BCUT2D eigenvalue weighted by Crippen LogP contribution is -2.49. The Balaban J connectivity index is 1.59. The Morgan fingerprint density at radius 2 is 1.95 bits per heavy atom. The number of piperazine rings is 1. The number of nitrogens with zero attached hydrogens (tertiary/aromatic N) is 2. The Hall–Kier alpha value is -1.22. The molecular weight excluding hydrogens is 260 g/mol. The molecule has 2 aliphatic rings. The summed E-state index contributed by atoms with van der Waals surface area (Å²) in [5.74, 6) is 1.26. The molecule has 1 aromatic carbocycles. The molecule has 4 heteroatoms. The van der Waals surface area contributed by atoms with E-state index in [1.165, 1.54) is 0 Å². The summed E-state index contributed by atoms with van der Waals surface area (Å²) in [6.07, 6.45) is 1.08. The molecule has 1 aromatic rings. The molecule has 2 atom stereocenters. The number of benzene rings is 1. The normalized spacial score (nSPS) is 26.4. The van der Waals surface area contributed by atoms with Crippen LogP contribution in [-0.2, 0) is 4.79 Å². The standard InChI is InChI=1S/C15H19ClN2O/c1-11-9-14(11)15(19)18-7-5-17(6-8-18)13-4-2-3-12(16)10-13/h2-4,10-11,14H,5-9H2,1H3/t11-,14+/m1/s1. The Morgan fingerprint density at radius 1 is 1.26 bits per heavy atom. The van der Waals surface area contributed by atoms with Crippen molar-refractivity contribution in [3.05, 3.63) is 29.3 Å². The molecule has 2 fully saturated rings. The van der Waals surface area contributed by atoms with Gasteiger partial charge in [0.2, 0.25) is 5.91 Å². The molecular formula is C15H19ClN2O. The van der Waals surface area contributed by atoms with Crippen molar-refractivity contribution >= 4 is 23.2 Å². The summed E-state index contributed by atoms with van der Waals surface area (Å²) in [7, 11) is 0. The number of hydrogen-bond donors (Lipinski definition) is 0. The summed E-state index contributed by atoms with van der Waals surface area (Å²) in [6, 6.07) is 7.93. The maximum absolute atomic E-state index is 12.2. The molecule has 3 rings (SSSR count). The zero-order valence-electron chi connectivity index (χ0n) is 11.2. The minimum Gasteiger partial charge on any atom is -0.368 e. The first-order chi connectivity index (χ1) is 9.15. The van der Waals surface area contributed by atoms with Crippen molar-refractivity contribution in [1.29, 1.82) is 0 Å². The average Bonchev–Trinajstić information content (AvgIpc) is 3.15. The van der Waals surface area contributed by atoms with Gasteiger partial charge in [-0.3, -0.25) is 4.79 Å². The summed E-state index contributed by atoms with van der Waals surface area (Å²) >= 11 is 6.02. The molecule has 0 aromatic heterocycles. The minimum atomic E-state index is 0.303. The van der Waals surface area contributed by atoms with Crippen LogP contribution in [0.2, 0.25) is 5.02 Å². The first kappa shape index (κ1) is 12.8. The first-order valence-corrected chi connectivity index (χ1v) is 7.32.